The van der Waals surface area contributed by atoms with Gasteiger partial charge in [-0.1, -0.05) is 32.3 Å². The van der Waals surface area contributed by atoms with E-state index in [1.165, 1.54) is 19.3 Å². The molecule has 3 rings (SSSR count). The molecule has 0 aromatic carbocycles. The number of aromatic nitrogens is 2. The minimum atomic E-state index is 0.0249. The molecule has 0 saturated heterocycles. The summed E-state index contributed by atoms with van der Waals surface area (Å²) in [5, 5.41) is 3.21. The van der Waals surface area contributed by atoms with E-state index in [2.05, 4.69) is 10.3 Å². The zero-order valence-electron chi connectivity index (χ0n) is 12.9. The molecule has 2 heterocycles. The quantitative estimate of drug-likeness (QED) is 0.940. The molecule has 1 N–H and O–H groups in total. The first-order valence-electron chi connectivity index (χ1n) is 7.97. The molecule has 0 aliphatic heterocycles. The maximum Gasteiger partial charge on any atom is 0.270 e. The molecular weight excluding hydrogens is 262 g/mol. The minimum absolute atomic E-state index is 0.0249. The number of imidazole rings is 1. The molecule has 1 fully saturated rings. The third-order valence-electron chi connectivity index (χ3n) is 4.33. The van der Waals surface area contributed by atoms with Gasteiger partial charge in [0.2, 0.25) is 0 Å². The van der Waals surface area contributed by atoms with Crippen molar-refractivity contribution in [1.82, 2.24) is 14.7 Å². The Hall–Kier alpha value is -1.84. The monoisotopic (exact) mass is 285 g/mol. The molecule has 112 valence electrons. The Bertz CT molecular complexity index is 653. The standard InChI is InChI=1S/C17H23N3O/c1-3-14-16(17(21)18-13-7-5-4-6-8-13)20-11-12(2)9-10-15(20)19-14/h9-11,13H,3-8H2,1-2H3,(H,18,21). The maximum absolute atomic E-state index is 12.7. The number of carbonyl (C=O) groups excluding carboxylic acids is 1. The molecule has 4 heteroatoms. The number of hydrogen-bond donors (Lipinski definition) is 1. The molecule has 0 radical (unpaired) electrons. The zero-order chi connectivity index (χ0) is 14.8. The van der Waals surface area contributed by atoms with E-state index in [-0.39, 0.29) is 5.91 Å². The van der Waals surface area contributed by atoms with Crippen LogP contribution in [0.5, 0.6) is 0 Å². The van der Waals surface area contributed by atoms with Crippen molar-refractivity contribution in [3.63, 3.8) is 0 Å². The van der Waals surface area contributed by atoms with Crippen LogP contribution in [0.4, 0.5) is 0 Å². The number of rotatable bonds is 3. The van der Waals surface area contributed by atoms with Crippen LogP contribution in [-0.4, -0.2) is 21.3 Å². The molecule has 1 amide bonds. The second kappa shape index (κ2) is 5.88. The Balaban J connectivity index is 1.93. The van der Waals surface area contributed by atoms with Crippen molar-refractivity contribution in [2.45, 2.75) is 58.4 Å². The van der Waals surface area contributed by atoms with Gasteiger partial charge >= 0.3 is 0 Å². The smallest absolute Gasteiger partial charge is 0.270 e. The van der Waals surface area contributed by atoms with E-state index in [9.17, 15) is 4.79 Å². The summed E-state index contributed by atoms with van der Waals surface area (Å²) in [5.41, 5.74) is 3.58. The number of nitrogens with zero attached hydrogens (tertiary/aromatic N) is 2. The fourth-order valence-corrected chi connectivity index (χ4v) is 3.19. The predicted octanol–water partition coefficient (Wildman–Crippen LogP) is 3.27. The van der Waals surface area contributed by atoms with Gasteiger partial charge in [-0.25, -0.2) is 4.98 Å². The molecule has 0 bridgehead atoms. The SMILES string of the molecule is CCc1nc2ccc(C)cn2c1C(=O)NC1CCCCC1. The van der Waals surface area contributed by atoms with Crippen molar-refractivity contribution in [1.29, 1.82) is 0 Å². The summed E-state index contributed by atoms with van der Waals surface area (Å²) in [7, 11) is 0. The lowest BCUT2D eigenvalue weighted by molar-refractivity contribution is 0.0920. The summed E-state index contributed by atoms with van der Waals surface area (Å²) >= 11 is 0. The zero-order valence-corrected chi connectivity index (χ0v) is 12.9. The number of pyridine rings is 1. The summed E-state index contributed by atoms with van der Waals surface area (Å²) in [6.07, 6.45) is 8.70. The second-order valence-corrected chi connectivity index (χ2v) is 6.00. The van der Waals surface area contributed by atoms with E-state index in [0.29, 0.717) is 11.7 Å². The van der Waals surface area contributed by atoms with Crippen LogP contribution in [0.15, 0.2) is 18.3 Å². The topological polar surface area (TPSA) is 46.4 Å². The van der Waals surface area contributed by atoms with Gasteiger partial charge in [0.15, 0.2) is 0 Å². The first kappa shape index (κ1) is 14.1. The van der Waals surface area contributed by atoms with Gasteiger partial charge in [0.25, 0.3) is 5.91 Å². The van der Waals surface area contributed by atoms with Gasteiger partial charge in [0, 0.05) is 12.2 Å². The Morgan fingerprint density at radius 1 is 1.33 bits per heavy atom. The van der Waals surface area contributed by atoms with Gasteiger partial charge in [0.05, 0.1) is 5.69 Å². The molecule has 1 aliphatic rings. The first-order chi connectivity index (χ1) is 10.2. The Morgan fingerprint density at radius 2 is 2.10 bits per heavy atom. The highest BCUT2D eigenvalue weighted by Crippen LogP contribution is 2.19. The molecular formula is C17H23N3O. The highest BCUT2D eigenvalue weighted by Gasteiger charge is 2.22. The van der Waals surface area contributed by atoms with Gasteiger partial charge < -0.3 is 5.32 Å². The van der Waals surface area contributed by atoms with Gasteiger partial charge in [-0.15, -0.1) is 0 Å². The number of amides is 1. The first-order valence-corrected chi connectivity index (χ1v) is 7.97. The van der Waals surface area contributed by atoms with Gasteiger partial charge in [-0.2, -0.15) is 0 Å². The summed E-state index contributed by atoms with van der Waals surface area (Å²) in [4.78, 5) is 17.3. The fraction of sp³-hybridized carbons (Fsp3) is 0.529. The lowest BCUT2D eigenvalue weighted by Gasteiger charge is -2.22. The molecule has 0 spiro atoms. The summed E-state index contributed by atoms with van der Waals surface area (Å²) in [6, 6.07) is 4.34. The van der Waals surface area contributed by atoms with Crippen LogP contribution >= 0.6 is 0 Å². The fourth-order valence-electron chi connectivity index (χ4n) is 3.19. The van der Waals surface area contributed by atoms with Crippen LogP contribution in [0.1, 0.15) is 60.8 Å². The van der Waals surface area contributed by atoms with Crippen molar-refractivity contribution in [3.8, 4) is 0 Å². The van der Waals surface area contributed by atoms with Crippen LogP contribution in [0, 0.1) is 6.92 Å². The van der Waals surface area contributed by atoms with Crippen molar-refractivity contribution < 1.29 is 4.79 Å². The number of hydrogen-bond acceptors (Lipinski definition) is 2. The van der Waals surface area contributed by atoms with Crippen molar-refractivity contribution in [2.24, 2.45) is 0 Å². The van der Waals surface area contributed by atoms with Crippen LogP contribution in [0.2, 0.25) is 0 Å². The van der Waals surface area contributed by atoms with Gasteiger partial charge in [-0.3, -0.25) is 9.20 Å². The van der Waals surface area contributed by atoms with Crippen LogP contribution in [0.25, 0.3) is 5.65 Å². The molecule has 1 saturated carbocycles. The number of fused-ring (bicyclic) bond motifs is 1. The molecule has 1 aliphatic carbocycles. The normalized spacial score (nSPS) is 16.3. The predicted molar refractivity (Wildman–Crippen MR) is 83.6 cm³/mol. The highest BCUT2D eigenvalue weighted by molar-refractivity contribution is 5.95. The van der Waals surface area contributed by atoms with Crippen molar-refractivity contribution in [2.75, 3.05) is 0 Å². The van der Waals surface area contributed by atoms with E-state index in [1.54, 1.807) is 0 Å². The van der Waals surface area contributed by atoms with E-state index in [0.717, 1.165) is 36.2 Å². The van der Waals surface area contributed by atoms with E-state index >= 15 is 0 Å². The van der Waals surface area contributed by atoms with E-state index < -0.39 is 0 Å². The number of aryl methyl sites for hydroxylation is 2. The summed E-state index contributed by atoms with van der Waals surface area (Å²) in [6.45, 7) is 4.08. The lowest BCUT2D eigenvalue weighted by atomic mass is 9.95. The average molecular weight is 285 g/mol. The van der Waals surface area contributed by atoms with E-state index in [4.69, 9.17) is 0 Å². The molecule has 2 aromatic heterocycles. The second-order valence-electron chi connectivity index (χ2n) is 6.00. The summed E-state index contributed by atoms with van der Waals surface area (Å²) in [5.74, 6) is 0.0249. The lowest BCUT2D eigenvalue weighted by Crippen LogP contribution is -2.37. The molecule has 4 nitrogen and oxygen atoms in total. The molecule has 21 heavy (non-hydrogen) atoms. The third-order valence-corrected chi connectivity index (χ3v) is 4.33. The van der Waals surface area contributed by atoms with Crippen molar-refractivity contribution in [3.05, 3.63) is 35.3 Å². The molecule has 0 unspecified atom stereocenters. The summed E-state index contributed by atoms with van der Waals surface area (Å²) < 4.78 is 1.94. The van der Waals surface area contributed by atoms with Crippen LogP contribution in [0.3, 0.4) is 0 Å². The molecule has 0 atom stereocenters. The average Bonchev–Trinajstić information content (AvgIpc) is 2.86. The largest absolute Gasteiger partial charge is 0.348 e. The van der Waals surface area contributed by atoms with Crippen molar-refractivity contribution >= 4 is 11.6 Å². The highest BCUT2D eigenvalue weighted by atomic mass is 16.2. The number of nitrogens with one attached hydrogen (secondary N) is 1. The number of carbonyl (C=O) groups is 1. The molecule has 2 aromatic rings. The van der Waals surface area contributed by atoms with Gasteiger partial charge in [0.1, 0.15) is 11.3 Å². The Kier molecular flexibility index (Phi) is 3.95. The maximum atomic E-state index is 12.7. The van der Waals surface area contributed by atoms with E-state index in [1.807, 2.05) is 36.6 Å². The van der Waals surface area contributed by atoms with Crippen LogP contribution < -0.4 is 5.32 Å². The Labute approximate surface area is 125 Å². The minimum Gasteiger partial charge on any atom is -0.348 e. The van der Waals surface area contributed by atoms with Gasteiger partial charge in [-0.05, 0) is 37.8 Å². The third kappa shape index (κ3) is 2.80. The Morgan fingerprint density at radius 3 is 2.81 bits per heavy atom. The van der Waals surface area contributed by atoms with Crippen LogP contribution in [-0.2, 0) is 6.42 Å².